The highest BCUT2D eigenvalue weighted by atomic mass is 16.5. The van der Waals surface area contributed by atoms with Crippen LogP contribution >= 0.6 is 0 Å². The van der Waals surface area contributed by atoms with Gasteiger partial charge in [-0.2, -0.15) is 0 Å². The third-order valence-electron chi connectivity index (χ3n) is 6.14. The van der Waals surface area contributed by atoms with Gasteiger partial charge in [0.2, 0.25) is 0 Å². The van der Waals surface area contributed by atoms with Crippen molar-refractivity contribution in [3.05, 3.63) is 24.3 Å². The molecular weight excluding hydrogens is 340 g/mol. The topological polar surface area (TPSA) is 50.8 Å². The SMILES string of the molecule is COC(C)(C(=O)Nc1ccc(OCCCN2CCCCC2C)cc1)C1CC1. The highest BCUT2D eigenvalue weighted by molar-refractivity contribution is 5.97. The molecule has 2 aliphatic rings. The zero-order valence-electron chi connectivity index (χ0n) is 17.0. The van der Waals surface area contributed by atoms with Crippen LogP contribution in [0.1, 0.15) is 52.4 Å². The number of likely N-dealkylation sites (tertiary alicyclic amines) is 1. The quantitative estimate of drug-likeness (QED) is 0.662. The Labute approximate surface area is 163 Å². The van der Waals surface area contributed by atoms with E-state index in [1.165, 1.54) is 25.8 Å². The van der Waals surface area contributed by atoms with Gasteiger partial charge in [-0.1, -0.05) is 6.42 Å². The lowest BCUT2D eigenvalue weighted by molar-refractivity contribution is -0.138. The summed E-state index contributed by atoms with van der Waals surface area (Å²) in [4.78, 5) is 15.1. The Morgan fingerprint density at radius 2 is 1.96 bits per heavy atom. The van der Waals surface area contributed by atoms with Crippen LogP contribution in [-0.4, -0.2) is 49.3 Å². The minimum absolute atomic E-state index is 0.0724. The number of piperidine rings is 1. The van der Waals surface area contributed by atoms with Gasteiger partial charge in [0.25, 0.3) is 5.91 Å². The number of benzene rings is 1. The lowest BCUT2D eigenvalue weighted by atomic mass is 9.99. The highest BCUT2D eigenvalue weighted by Gasteiger charge is 2.47. The van der Waals surface area contributed by atoms with Crippen molar-refractivity contribution in [2.45, 2.75) is 64.0 Å². The summed E-state index contributed by atoms with van der Waals surface area (Å²) in [6, 6.07) is 8.32. The Bertz CT molecular complexity index is 614. The number of hydrogen-bond acceptors (Lipinski definition) is 4. The van der Waals surface area contributed by atoms with E-state index in [0.717, 1.165) is 43.9 Å². The number of anilines is 1. The van der Waals surface area contributed by atoms with Crippen LogP contribution in [0.3, 0.4) is 0 Å². The van der Waals surface area contributed by atoms with Gasteiger partial charge in [-0.05, 0) is 82.7 Å². The molecule has 1 saturated heterocycles. The maximum Gasteiger partial charge on any atom is 0.256 e. The average molecular weight is 375 g/mol. The average Bonchev–Trinajstić information content (AvgIpc) is 3.53. The molecule has 1 aliphatic carbocycles. The first kappa shape index (κ1) is 20.2. The fourth-order valence-corrected chi connectivity index (χ4v) is 3.92. The molecule has 1 N–H and O–H groups in total. The van der Waals surface area contributed by atoms with Gasteiger partial charge in [-0.3, -0.25) is 4.79 Å². The molecule has 2 atom stereocenters. The van der Waals surface area contributed by atoms with Gasteiger partial charge in [0.15, 0.2) is 0 Å². The lowest BCUT2D eigenvalue weighted by Crippen LogP contribution is -2.44. The molecule has 2 fully saturated rings. The molecule has 1 saturated carbocycles. The second-order valence-electron chi connectivity index (χ2n) is 8.15. The molecule has 0 spiro atoms. The minimum Gasteiger partial charge on any atom is -0.494 e. The molecule has 0 bridgehead atoms. The smallest absolute Gasteiger partial charge is 0.256 e. The summed E-state index contributed by atoms with van der Waals surface area (Å²) in [6.45, 7) is 7.24. The number of carbonyl (C=O) groups is 1. The summed E-state index contributed by atoms with van der Waals surface area (Å²) in [5.74, 6) is 1.10. The Morgan fingerprint density at radius 1 is 1.22 bits per heavy atom. The summed E-state index contributed by atoms with van der Waals surface area (Å²) in [5, 5.41) is 2.97. The molecule has 5 heteroatoms. The van der Waals surface area contributed by atoms with Crippen molar-refractivity contribution in [2.75, 3.05) is 32.1 Å². The van der Waals surface area contributed by atoms with E-state index in [4.69, 9.17) is 9.47 Å². The summed E-state index contributed by atoms with van der Waals surface area (Å²) in [6.07, 6.45) is 7.15. The Hall–Kier alpha value is -1.59. The molecule has 1 aromatic rings. The molecule has 2 unspecified atom stereocenters. The van der Waals surface area contributed by atoms with Crippen molar-refractivity contribution in [1.29, 1.82) is 0 Å². The van der Waals surface area contributed by atoms with E-state index in [0.29, 0.717) is 12.0 Å². The van der Waals surface area contributed by atoms with E-state index in [1.54, 1.807) is 7.11 Å². The largest absolute Gasteiger partial charge is 0.494 e. The van der Waals surface area contributed by atoms with Crippen molar-refractivity contribution in [2.24, 2.45) is 5.92 Å². The van der Waals surface area contributed by atoms with Crippen molar-refractivity contribution in [1.82, 2.24) is 4.90 Å². The second kappa shape index (κ2) is 9.07. The van der Waals surface area contributed by atoms with Gasteiger partial charge in [0.05, 0.1) is 6.61 Å². The number of ether oxygens (including phenoxy) is 2. The number of hydrogen-bond donors (Lipinski definition) is 1. The standard InChI is InChI=1S/C22H34N2O3/c1-17-7-4-5-14-24(17)15-6-16-27-20-12-10-19(11-13-20)23-21(25)22(2,26-3)18-8-9-18/h10-13,17-18H,4-9,14-16H2,1-3H3,(H,23,25). The number of carbonyl (C=O) groups excluding carboxylic acids is 1. The lowest BCUT2D eigenvalue weighted by Gasteiger charge is -2.33. The summed E-state index contributed by atoms with van der Waals surface area (Å²) >= 11 is 0. The van der Waals surface area contributed by atoms with Gasteiger partial charge in [-0.15, -0.1) is 0 Å². The van der Waals surface area contributed by atoms with Crippen LogP contribution in [0.25, 0.3) is 0 Å². The summed E-state index contributed by atoms with van der Waals surface area (Å²) in [7, 11) is 1.61. The predicted molar refractivity (Wildman–Crippen MR) is 108 cm³/mol. The third-order valence-corrected chi connectivity index (χ3v) is 6.14. The van der Waals surface area contributed by atoms with Gasteiger partial charge in [0.1, 0.15) is 11.4 Å². The van der Waals surface area contributed by atoms with Gasteiger partial charge in [0, 0.05) is 25.4 Å². The number of methoxy groups -OCH3 is 1. The van der Waals surface area contributed by atoms with Crippen LogP contribution in [0.2, 0.25) is 0 Å². The summed E-state index contributed by atoms with van der Waals surface area (Å²) < 4.78 is 11.4. The van der Waals surface area contributed by atoms with Crippen LogP contribution in [0, 0.1) is 5.92 Å². The molecule has 1 aromatic carbocycles. The zero-order chi connectivity index (χ0) is 19.3. The fourth-order valence-electron chi connectivity index (χ4n) is 3.92. The molecule has 0 aromatic heterocycles. The van der Waals surface area contributed by atoms with Crippen molar-refractivity contribution < 1.29 is 14.3 Å². The van der Waals surface area contributed by atoms with Crippen LogP contribution in [0.4, 0.5) is 5.69 Å². The monoisotopic (exact) mass is 374 g/mol. The normalized spacial score (nSPS) is 22.9. The van der Waals surface area contributed by atoms with Crippen LogP contribution in [0.5, 0.6) is 5.75 Å². The van der Waals surface area contributed by atoms with Crippen LogP contribution in [-0.2, 0) is 9.53 Å². The highest BCUT2D eigenvalue weighted by Crippen LogP contribution is 2.42. The summed E-state index contributed by atoms with van der Waals surface area (Å²) in [5.41, 5.74) is 0.0410. The number of nitrogens with zero attached hydrogens (tertiary/aromatic N) is 1. The van der Waals surface area contributed by atoms with Crippen molar-refractivity contribution in [3.8, 4) is 5.75 Å². The predicted octanol–water partition coefficient (Wildman–Crippen LogP) is 4.08. The maximum atomic E-state index is 12.5. The Balaban J connectivity index is 1.41. The zero-order valence-corrected chi connectivity index (χ0v) is 17.0. The van der Waals surface area contributed by atoms with E-state index < -0.39 is 5.60 Å². The molecule has 3 rings (SSSR count). The molecule has 0 radical (unpaired) electrons. The molecule has 27 heavy (non-hydrogen) atoms. The molecule has 150 valence electrons. The third kappa shape index (κ3) is 5.23. The molecule has 1 aliphatic heterocycles. The molecule has 5 nitrogen and oxygen atoms in total. The van der Waals surface area contributed by atoms with E-state index >= 15 is 0 Å². The number of amides is 1. The van der Waals surface area contributed by atoms with Crippen molar-refractivity contribution in [3.63, 3.8) is 0 Å². The van der Waals surface area contributed by atoms with E-state index in [-0.39, 0.29) is 5.91 Å². The first-order valence-corrected chi connectivity index (χ1v) is 10.4. The van der Waals surface area contributed by atoms with Crippen LogP contribution < -0.4 is 10.1 Å². The fraction of sp³-hybridized carbons (Fsp3) is 0.682. The number of nitrogens with one attached hydrogen (secondary N) is 1. The van der Waals surface area contributed by atoms with Crippen molar-refractivity contribution >= 4 is 11.6 Å². The number of rotatable bonds is 9. The van der Waals surface area contributed by atoms with Gasteiger partial charge < -0.3 is 19.7 Å². The Kier molecular flexibility index (Phi) is 6.77. The minimum atomic E-state index is -0.735. The maximum absolute atomic E-state index is 12.5. The van der Waals surface area contributed by atoms with Crippen LogP contribution in [0.15, 0.2) is 24.3 Å². The molecular formula is C22H34N2O3. The first-order valence-electron chi connectivity index (χ1n) is 10.4. The van der Waals surface area contributed by atoms with E-state index in [2.05, 4.69) is 17.1 Å². The van der Waals surface area contributed by atoms with E-state index in [1.807, 2.05) is 31.2 Å². The first-order chi connectivity index (χ1) is 13.0. The molecule has 1 heterocycles. The second-order valence-corrected chi connectivity index (χ2v) is 8.15. The van der Waals surface area contributed by atoms with Gasteiger partial charge in [-0.25, -0.2) is 0 Å². The molecule has 1 amide bonds. The van der Waals surface area contributed by atoms with Gasteiger partial charge >= 0.3 is 0 Å². The Morgan fingerprint density at radius 3 is 2.59 bits per heavy atom. The van der Waals surface area contributed by atoms with E-state index in [9.17, 15) is 4.79 Å².